The second kappa shape index (κ2) is 4.28. The Morgan fingerprint density at radius 2 is 2.60 bits per heavy atom. The van der Waals surface area contributed by atoms with Crippen LogP contribution in [0.4, 0.5) is 0 Å². The number of rotatable bonds is 3. The van der Waals surface area contributed by atoms with Gasteiger partial charge in [0.05, 0.1) is 6.04 Å². The second-order valence-electron chi connectivity index (χ2n) is 3.80. The minimum Gasteiger partial charge on any atom is -0.332 e. The van der Waals surface area contributed by atoms with Crippen molar-refractivity contribution in [3.8, 4) is 0 Å². The zero-order chi connectivity index (χ0) is 10.8. The summed E-state index contributed by atoms with van der Waals surface area (Å²) < 4.78 is 0. The molecule has 0 bridgehead atoms. The van der Waals surface area contributed by atoms with Crippen LogP contribution in [0.5, 0.6) is 0 Å². The van der Waals surface area contributed by atoms with Crippen molar-refractivity contribution < 1.29 is 4.79 Å². The van der Waals surface area contributed by atoms with E-state index in [-0.39, 0.29) is 18.0 Å². The summed E-state index contributed by atoms with van der Waals surface area (Å²) in [6, 6.07) is 0.109. The maximum Gasteiger partial charge on any atom is 0.224 e. The van der Waals surface area contributed by atoms with E-state index in [4.69, 9.17) is 5.73 Å². The Balaban J connectivity index is 2.17. The monoisotopic (exact) mass is 225 g/mol. The Kier molecular flexibility index (Phi) is 3.02. The zero-order valence-electron chi connectivity index (χ0n) is 8.72. The Morgan fingerprint density at radius 1 is 1.80 bits per heavy atom. The van der Waals surface area contributed by atoms with Crippen molar-refractivity contribution in [3.63, 3.8) is 0 Å². The second-order valence-corrected chi connectivity index (χ2v) is 4.73. The molecule has 1 aromatic heterocycles. The molecule has 1 aliphatic rings. The number of aromatic nitrogens is 1. The van der Waals surface area contributed by atoms with Crippen molar-refractivity contribution in [2.75, 3.05) is 6.54 Å². The Labute approximate surface area is 93.1 Å². The van der Waals surface area contributed by atoms with Gasteiger partial charge in [-0.1, -0.05) is 6.92 Å². The third-order valence-electron chi connectivity index (χ3n) is 2.69. The van der Waals surface area contributed by atoms with Crippen LogP contribution in [0.2, 0.25) is 0 Å². The van der Waals surface area contributed by atoms with E-state index in [9.17, 15) is 4.79 Å². The summed E-state index contributed by atoms with van der Waals surface area (Å²) in [6.07, 6.45) is 3.15. The van der Waals surface area contributed by atoms with Gasteiger partial charge in [0.25, 0.3) is 0 Å². The highest BCUT2D eigenvalue weighted by Crippen LogP contribution is 2.29. The van der Waals surface area contributed by atoms with E-state index in [2.05, 4.69) is 11.9 Å². The van der Waals surface area contributed by atoms with Gasteiger partial charge in [-0.25, -0.2) is 4.98 Å². The lowest BCUT2D eigenvalue weighted by Gasteiger charge is -2.25. The van der Waals surface area contributed by atoms with Gasteiger partial charge >= 0.3 is 0 Å². The first kappa shape index (κ1) is 10.6. The van der Waals surface area contributed by atoms with Crippen LogP contribution in [0, 0.1) is 0 Å². The summed E-state index contributed by atoms with van der Waals surface area (Å²) >= 11 is 1.60. The summed E-state index contributed by atoms with van der Waals surface area (Å²) in [5.74, 6) is 0.157. The zero-order valence-corrected chi connectivity index (χ0v) is 9.54. The molecule has 5 heteroatoms. The molecule has 0 radical (unpaired) electrons. The highest BCUT2D eigenvalue weighted by Gasteiger charge is 2.33. The number of carbonyl (C=O) groups is 1. The van der Waals surface area contributed by atoms with Crippen LogP contribution in [-0.4, -0.2) is 28.4 Å². The van der Waals surface area contributed by atoms with Crippen LogP contribution in [-0.2, 0) is 4.79 Å². The normalized spacial score (nSPS) is 23.5. The van der Waals surface area contributed by atoms with Crippen molar-refractivity contribution in [3.05, 3.63) is 16.6 Å². The number of amides is 1. The summed E-state index contributed by atoms with van der Waals surface area (Å²) in [6.45, 7) is 2.74. The molecule has 15 heavy (non-hydrogen) atoms. The minimum atomic E-state index is -0.00786. The molecule has 0 aliphatic carbocycles. The third kappa shape index (κ3) is 2.03. The molecule has 0 spiro atoms. The van der Waals surface area contributed by atoms with E-state index >= 15 is 0 Å². The molecule has 1 aromatic rings. The topological polar surface area (TPSA) is 59.2 Å². The molecule has 2 heterocycles. The standard InChI is InChI=1S/C10H15N3OS/c1-2-8(10-12-3-4-15-10)13-6-7(11)5-9(13)14/h3-4,7-8H,2,5-6,11H2,1H3. The number of nitrogens with two attached hydrogens (primary N) is 1. The molecule has 2 atom stereocenters. The van der Waals surface area contributed by atoms with Crippen molar-refractivity contribution in [1.29, 1.82) is 0 Å². The van der Waals surface area contributed by atoms with Crippen LogP contribution in [0.15, 0.2) is 11.6 Å². The van der Waals surface area contributed by atoms with Crippen LogP contribution < -0.4 is 5.73 Å². The number of hydrogen-bond donors (Lipinski definition) is 1. The predicted octanol–water partition coefficient (Wildman–Crippen LogP) is 1.15. The highest BCUT2D eigenvalue weighted by atomic mass is 32.1. The minimum absolute atomic E-state index is 0.00786. The molecule has 2 unspecified atom stereocenters. The SMILES string of the molecule is CCC(c1nccs1)N1CC(N)CC1=O. The Bertz CT molecular complexity index is 338. The predicted molar refractivity (Wildman–Crippen MR) is 59.5 cm³/mol. The van der Waals surface area contributed by atoms with Crippen LogP contribution in [0.1, 0.15) is 30.8 Å². The number of carbonyl (C=O) groups excluding carboxylic acids is 1. The maximum atomic E-state index is 11.7. The smallest absolute Gasteiger partial charge is 0.224 e. The molecule has 4 nitrogen and oxygen atoms in total. The largest absolute Gasteiger partial charge is 0.332 e. The molecular formula is C10H15N3OS. The average Bonchev–Trinajstić information content (AvgIpc) is 2.79. The van der Waals surface area contributed by atoms with Gasteiger partial charge in [0.15, 0.2) is 0 Å². The molecule has 1 amide bonds. The fraction of sp³-hybridized carbons (Fsp3) is 0.600. The molecule has 0 aromatic carbocycles. The lowest BCUT2D eigenvalue weighted by Crippen LogP contribution is -2.32. The first-order valence-corrected chi connectivity index (χ1v) is 6.04. The molecule has 1 aliphatic heterocycles. The molecule has 1 fully saturated rings. The molecule has 1 saturated heterocycles. The highest BCUT2D eigenvalue weighted by molar-refractivity contribution is 7.09. The fourth-order valence-electron chi connectivity index (χ4n) is 1.99. The number of nitrogens with zero attached hydrogens (tertiary/aromatic N) is 2. The summed E-state index contributed by atoms with van der Waals surface area (Å²) in [4.78, 5) is 17.8. The fourth-order valence-corrected chi connectivity index (χ4v) is 2.82. The van der Waals surface area contributed by atoms with Gasteiger partial charge < -0.3 is 10.6 Å². The molecule has 0 saturated carbocycles. The first-order valence-electron chi connectivity index (χ1n) is 5.16. The summed E-state index contributed by atoms with van der Waals surface area (Å²) in [5.41, 5.74) is 5.78. The Hall–Kier alpha value is -0.940. The van der Waals surface area contributed by atoms with Gasteiger partial charge in [-0.05, 0) is 6.42 Å². The van der Waals surface area contributed by atoms with E-state index in [0.29, 0.717) is 13.0 Å². The lowest BCUT2D eigenvalue weighted by atomic mass is 10.2. The quantitative estimate of drug-likeness (QED) is 0.839. The summed E-state index contributed by atoms with van der Waals surface area (Å²) in [5, 5.41) is 2.96. The lowest BCUT2D eigenvalue weighted by molar-refractivity contribution is -0.129. The summed E-state index contributed by atoms with van der Waals surface area (Å²) in [7, 11) is 0. The van der Waals surface area contributed by atoms with E-state index < -0.39 is 0 Å². The van der Waals surface area contributed by atoms with Gasteiger partial charge in [0, 0.05) is 30.6 Å². The van der Waals surface area contributed by atoms with Crippen molar-refractivity contribution in [2.45, 2.75) is 31.8 Å². The van der Waals surface area contributed by atoms with E-state index in [1.54, 1.807) is 17.5 Å². The third-order valence-corrected chi connectivity index (χ3v) is 3.56. The van der Waals surface area contributed by atoms with Crippen LogP contribution >= 0.6 is 11.3 Å². The number of thiazole rings is 1. The number of hydrogen-bond acceptors (Lipinski definition) is 4. The number of likely N-dealkylation sites (tertiary alicyclic amines) is 1. The van der Waals surface area contributed by atoms with Crippen molar-refractivity contribution in [2.24, 2.45) is 5.73 Å². The molecule has 82 valence electrons. The maximum absolute atomic E-state index is 11.7. The van der Waals surface area contributed by atoms with Gasteiger partial charge in [-0.15, -0.1) is 11.3 Å². The van der Waals surface area contributed by atoms with E-state index in [0.717, 1.165) is 11.4 Å². The van der Waals surface area contributed by atoms with Crippen LogP contribution in [0.3, 0.4) is 0 Å². The molecular weight excluding hydrogens is 210 g/mol. The van der Waals surface area contributed by atoms with E-state index in [1.165, 1.54) is 0 Å². The molecule has 2 N–H and O–H groups in total. The van der Waals surface area contributed by atoms with Gasteiger partial charge in [0.2, 0.25) is 5.91 Å². The molecule has 2 rings (SSSR count). The average molecular weight is 225 g/mol. The van der Waals surface area contributed by atoms with Gasteiger partial charge in [-0.2, -0.15) is 0 Å². The van der Waals surface area contributed by atoms with Gasteiger partial charge in [0.1, 0.15) is 5.01 Å². The Morgan fingerprint density at radius 3 is 3.07 bits per heavy atom. The van der Waals surface area contributed by atoms with Crippen molar-refractivity contribution >= 4 is 17.2 Å². The first-order chi connectivity index (χ1) is 7.22. The van der Waals surface area contributed by atoms with Gasteiger partial charge in [-0.3, -0.25) is 4.79 Å². The van der Waals surface area contributed by atoms with Crippen LogP contribution in [0.25, 0.3) is 0 Å². The van der Waals surface area contributed by atoms with Crippen molar-refractivity contribution in [1.82, 2.24) is 9.88 Å². The van der Waals surface area contributed by atoms with E-state index in [1.807, 2.05) is 10.3 Å².